The number of allylic oxidation sites excluding steroid dienone is 4. The van der Waals surface area contributed by atoms with Crippen LogP contribution >= 0.6 is 0 Å². The van der Waals surface area contributed by atoms with Crippen molar-refractivity contribution in [1.29, 1.82) is 5.39 Å². The van der Waals surface area contributed by atoms with E-state index in [2.05, 4.69) is 20.5 Å². The van der Waals surface area contributed by atoms with Crippen LogP contribution in [0, 0.1) is 11.3 Å². The number of ketones is 2. The van der Waals surface area contributed by atoms with Crippen molar-refractivity contribution < 1.29 is 9.59 Å². The fourth-order valence-corrected chi connectivity index (χ4v) is 1.90. The van der Waals surface area contributed by atoms with Gasteiger partial charge in [0.25, 0.3) is 5.39 Å². The molecule has 0 amide bonds. The smallest absolute Gasteiger partial charge is 0.339 e. The summed E-state index contributed by atoms with van der Waals surface area (Å²) in [5, 5.41) is 20.0. The minimum absolute atomic E-state index is 0.0640. The quantitative estimate of drug-likeness (QED) is 0.297. The number of Topliss-reactive ketones (excluding diaryl/α,β-unsaturated/α-hetero) is 2. The number of diazo groups is 1. The largest absolute Gasteiger partial charge is 0.362 e. The molecule has 2 aliphatic carbocycles. The molecule has 0 saturated heterocycles. The second-order valence-corrected chi connectivity index (χ2v) is 3.63. The number of carbonyl (C=O) groups excluding carboxylic acids is 2. The van der Waals surface area contributed by atoms with E-state index in [4.69, 9.17) is 10.9 Å². The van der Waals surface area contributed by atoms with Crippen molar-refractivity contribution in [3.63, 3.8) is 0 Å². The zero-order chi connectivity index (χ0) is 13.1. The zero-order valence-electron chi connectivity index (χ0n) is 9.02. The molecule has 0 heterocycles. The molecule has 0 aliphatic heterocycles. The average Bonchev–Trinajstić information content (AvgIpc) is 2.34. The molecule has 18 heavy (non-hydrogen) atoms. The topological polar surface area (TPSA) is 122 Å². The van der Waals surface area contributed by atoms with Gasteiger partial charge in [0, 0.05) is 6.42 Å². The molecule has 0 fully saturated rings. The van der Waals surface area contributed by atoms with Gasteiger partial charge in [-0.05, 0) is 11.6 Å². The molecular formula is C10H6N6O2. The lowest BCUT2D eigenvalue weighted by Gasteiger charge is -2.24. The Hall–Kier alpha value is -2.82. The Morgan fingerprint density at radius 1 is 1.44 bits per heavy atom. The SMILES string of the molecule is N#[N+]N=C1C=C2C=CCC(=O)C2C(=O)C1=NN=[N-]. The minimum Gasteiger partial charge on any atom is -0.362 e. The number of hydrogen-bond donors (Lipinski definition) is 0. The van der Waals surface area contributed by atoms with E-state index in [9.17, 15) is 9.59 Å². The molecule has 2 rings (SSSR count). The van der Waals surface area contributed by atoms with E-state index in [1.54, 1.807) is 12.2 Å². The molecule has 1 unspecified atom stereocenters. The van der Waals surface area contributed by atoms with E-state index in [0.717, 1.165) is 0 Å². The van der Waals surface area contributed by atoms with Gasteiger partial charge in [0.1, 0.15) is 5.92 Å². The van der Waals surface area contributed by atoms with Gasteiger partial charge in [0.05, 0.1) is 5.71 Å². The number of hydrogen-bond acceptors (Lipinski definition) is 5. The molecule has 0 radical (unpaired) electrons. The summed E-state index contributed by atoms with van der Waals surface area (Å²) in [5.74, 6) is -1.84. The summed E-state index contributed by atoms with van der Waals surface area (Å²) >= 11 is 0. The second kappa shape index (κ2) is 4.58. The molecule has 0 N–H and O–H groups in total. The van der Waals surface area contributed by atoms with Gasteiger partial charge >= 0.3 is 5.08 Å². The third kappa shape index (κ3) is 1.78. The summed E-state index contributed by atoms with van der Waals surface area (Å²) in [4.78, 5) is 23.7. The fourth-order valence-electron chi connectivity index (χ4n) is 1.90. The van der Waals surface area contributed by atoms with Crippen LogP contribution < -0.4 is 0 Å². The molecule has 8 heteroatoms. The van der Waals surface area contributed by atoms with E-state index in [1.807, 2.05) is 0 Å². The summed E-state index contributed by atoms with van der Waals surface area (Å²) in [6, 6.07) is 0. The van der Waals surface area contributed by atoms with Crippen molar-refractivity contribution in [3.05, 3.63) is 34.4 Å². The molecule has 0 spiro atoms. The summed E-state index contributed by atoms with van der Waals surface area (Å²) in [6.45, 7) is 0. The Balaban J connectivity index is 2.62. The van der Waals surface area contributed by atoms with E-state index >= 15 is 0 Å². The molecule has 0 aromatic heterocycles. The molecular weight excluding hydrogens is 236 g/mol. The van der Waals surface area contributed by atoms with Crippen molar-refractivity contribution in [2.45, 2.75) is 6.42 Å². The van der Waals surface area contributed by atoms with Crippen LogP contribution in [0.5, 0.6) is 0 Å². The Labute approximate surface area is 101 Å². The molecule has 1 atom stereocenters. The Kier molecular flexibility index (Phi) is 2.97. The van der Waals surface area contributed by atoms with Gasteiger partial charge in [-0.25, -0.2) is 0 Å². The van der Waals surface area contributed by atoms with Gasteiger partial charge in [-0.2, -0.15) is 0 Å². The second-order valence-electron chi connectivity index (χ2n) is 3.63. The Morgan fingerprint density at radius 2 is 2.22 bits per heavy atom. The molecule has 88 valence electrons. The van der Waals surface area contributed by atoms with Gasteiger partial charge in [0.2, 0.25) is 0 Å². The fraction of sp³-hybridized carbons (Fsp3) is 0.200. The molecule has 0 bridgehead atoms. The predicted octanol–water partition coefficient (Wildman–Crippen LogP) is 1.23. The number of fused-ring (bicyclic) bond motifs is 1. The van der Waals surface area contributed by atoms with E-state index in [1.165, 1.54) is 6.08 Å². The van der Waals surface area contributed by atoms with Crippen molar-refractivity contribution in [2.24, 2.45) is 21.3 Å². The summed E-state index contributed by atoms with van der Waals surface area (Å²) < 4.78 is 0. The average molecular weight is 242 g/mol. The highest BCUT2D eigenvalue weighted by Crippen LogP contribution is 2.26. The maximum absolute atomic E-state index is 12.0. The Morgan fingerprint density at radius 3 is 2.89 bits per heavy atom. The van der Waals surface area contributed by atoms with Gasteiger partial charge in [-0.15, -0.1) is 0 Å². The van der Waals surface area contributed by atoms with Gasteiger partial charge < -0.3 is 10.6 Å². The molecule has 0 saturated carbocycles. The third-order valence-corrected chi connectivity index (χ3v) is 2.62. The molecule has 2 aliphatic rings. The first-order valence-electron chi connectivity index (χ1n) is 4.98. The maximum Gasteiger partial charge on any atom is 0.339 e. The normalized spacial score (nSPS) is 26.8. The lowest BCUT2D eigenvalue weighted by atomic mass is 9.78. The lowest BCUT2D eigenvalue weighted by Crippen LogP contribution is -2.40. The highest BCUT2D eigenvalue weighted by atomic mass is 16.2. The van der Waals surface area contributed by atoms with Crippen LogP contribution in [0.1, 0.15) is 6.42 Å². The van der Waals surface area contributed by atoms with Gasteiger partial charge in [-0.1, -0.05) is 12.2 Å². The van der Waals surface area contributed by atoms with Crippen molar-refractivity contribution >= 4 is 23.0 Å². The zero-order valence-corrected chi connectivity index (χ0v) is 9.02. The van der Waals surface area contributed by atoms with Crippen LogP contribution in [-0.2, 0) is 9.59 Å². The van der Waals surface area contributed by atoms with Crippen LogP contribution in [0.4, 0.5) is 0 Å². The van der Waals surface area contributed by atoms with E-state index in [0.29, 0.717) is 5.57 Å². The van der Waals surface area contributed by atoms with Crippen molar-refractivity contribution in [1.82, 2.24) is 0 Å². The van der Waals surface area contributed by atoms with E-state index < -0.39 is 11.7 Å². The highest BCUT2D eigenvalue weighted by Gasteiger charge is 2.37. The molecule has 8 nitrogen and oxygen atoms in total. The van der Waals surface area contributed by atoms with Crippen molar-refractivity contribution in [3.8, 4) is 0 Å². The lowest BCUT2D eigenvalue weighted by molar-refractivity contribution is -0.127. The Bertz CT molecular complexity index is 604. The molecule has 0 aromatic carbocycles. The first-order chi connectivity index (χ1) is 8.69. The highest BCUT2D eigenvalue weighted by molar-refractivity contribution is 6.72. The number of nitrogens with zero attached hydrogens (tertiary/aromatic N) is 6. The summed E-state index contributed by atoms with van der Waals surface area (Å²) in [7, 11) is 0. The van der Waals surface area contributed by atoms with Crippen LogP contribution in [0.25, 0.3) is 10.6 Å². The molecule has 0 aromatic rings. The predicted molar refractivity (Wildman–Crippen MR) is 61.1 cm³/mol. The maximum atomic E-state index is 12.0. The van der Waals surface area contributed by atoms with E-state index in [-0.39, 0.29) is 23.6 Å². The van der Waals surface area contributed by atoms with Gasteiger partial charge in [-0.3, -0.25) is 14.8 Å². The van der Waals surface area contributed by atoms with Crippen LogP contribution in [0.15, 0.2) is 39.2 Å². The summed E-state index contributed by atoms with van der Waals surface area (Å²) in [5.41, 5.74) is 8.48. The van der Waals surface area contributed by atoms with Crippen LogP contribution in [-0.4, -0.2) is 23.0 Å². The van der Waals surface area contributed by atoms with Crippen molar-refractivity contribution in [2.75, 3.05) is 0 Å². The number of carbonyl (C=O) groups is 2. The summed E-state index contributed by atoms with van der Waals surface area (Å²) in [6.07, 6.45) is 4.81. The van der Waals surface area contributed by atoms with Gasteiger partial charge in [0.15, 0.2) is 22.4 Å². The number of rotatable bonds is 1. The van der Waals surface area contributed by atoms with Crippen LogP contribution in [0.3, 0.4) is 0 Å². The standard InChI is InChI=1S/C10H6N6O2/c11-15-13-6-4-5-2-1-3-7(17)8(5)10(18)9(6)14-16-12/h1-2,4,8H,3H2. The monoisotopic (exact) mass is 242 g/mol. The minimum atomic E-state index is -0.951. The first kappa shape index (κ1) is 11.7. The van der Waals surface area contributed by atoms with Crippen LogP contribution in [0.2, 0.25) is 0 Å². The first-order valence-corrected chi connectivity index (χ1v) is 4.98. The third-order valence-electron chi connectivity index (χ3n) is 2.62.